The summed E-state index contributed by atoms with van der Waals surface area (Å²) in [4.78, 5) is 38.1. The highest BCUT2D eigenvalue weighted by atomic mass is 16.6. The van der Waals surface area contributed by atoms with Crippen molar-refractivity contribution >= 4 is 17.9 Å². The molecule has 0 saturated carbocycles. The van der Waals surface area contributed by atoms with E-state index in [0.717, 1.165) is 103 Å². The summed E-state index contributed by atoms with van der Waals surface area (Å²) in [6, 6.07) is 0. The molecular formula is C65H100O6. The first-order valence-corrected chi connectivity index (χ1v) is 28.0. The molecule has 0 rings (SSSR count). The topological polar surface area (TPSA) is 78.9 Å². The Morgan fingerprint density at radius 3 is 0.873 bits per heavy atom. The average molecular weight is 978 g/mol. The maximum absolute atomic E-state index is 12.8. The van der Waals surface area contributed by atoms with E-state index in [2.05, 4.69) is 179 Å². The molecule has 0 aromatic carbocycles. The average Bonchev–Trinajstić information content (AvgIpc) is 3.37. The number of unbranched alkanes of at least 4 members (excludes halogenated alkanes) is 11. The first kappa shape index (κ1) is 66.0. The van der Waals surface area contributed by atoms with Gasteiger partial charge in [-0.15, -0.1) is 0 Å². The fraction of sp³-hybridized carbons (Fsp3) is 0.554. The van der Waals surface area contributed by atoms with Crippen molar-refractivity contribution in [2.75, 3.05) is 13.2 Å². The van der Waals surface area contributed by atoms with Crippen LogP contribution in [0.25, 0.3) is 0 Å². The monoisotopic (exact) mass is 977 g/mol. The zero-order valence-corrected chi connectivity index (χ0v) is 45.2. The van der Waals surface area contributed by atoms with E-state index in [-0.39, 0.29) is 50.4 Å². The summed E-state index contributed by atoms with van der Waals surface area (Å²) in [6.45, 7) is 6.32. The van der Waals surface area contributed by atoms with Crippen LogP contribution in [0.3, 0.4) is 0 Å². The molecule has 0 amide bonds. The summed E-state index contributed by atoms with van der Waals surface area (Å²) >= 11 is 0. The maximum Gasteiger partial charge on any atom is 0.306 e. The van der Waals surface area contributed by atoms with Crippen molar-refractivity contribution in [3.63, 3.8) is 0 Å². The zero-order valence-electron chi connectivity index (χ0n) is 45.2. The number of carbonyl (C=O) groups excluding carboxylic acids is 3. The van der Waals surface area contributed by atoms with Gasteiger partial charge in [0.1, 0.15) is 13.2 Å². The van der Waals surface area contributed by atoms with E-state index in [1.807, 2.05) is 0 Å². The number of ether oxygens (including phenoxy) is 3. The number of hydrogen-bond acceptors (Lipinski definition) is 6. The van der Waals surface area contributed by atoms with Crippen LogP contribution in [0.1, 0.15) is 213 Å². The van der Waals surface area contributed by atoms with E-state index in [4.69, 9.17) is 14.2 Å². The summed E-state index contributed by atoms with van der Waals surface area (Å²) < 4.78 is 16.7. The van der Waals surface area contributed by atoms with Crippen molar-refractivity contribution in [3.05, 3.63) is 158 Å². The minimum atomic E-state index is -0.848. The smallest absolute Gasteiger partial charge is 0.306 e. The van der Waals surface area contributed by atoms with E-state index >= 15 is 0 Å². The zero-order chi connectivity index (χ0) is 51.4. The first-order chi connectivity index (χ1) is 35.0. The Morgan fingerprint density at radius 1 is 0.296 bits per heavy atom. The molecular weight excluding hydrogens is 877 g/mol. The Bertz CT molecular complexity index is 1560. The highest BCUT2D eigenvalue weighted by Crippen LogP contribution is 2.10. The fourth-order valence-electron chi connectivity index (χ4n) is 6.80. The second-order valence-corrected chi connectivity index (χ2v) is 17.7. The molecule has 0 aliphatic carbocycles. The van der Waals surface area contributed by atoms with Gasteiger partial charge in [-0.3, -0.25) is 14.4 Å². The van der Waals surface area contributed by atoms with E-state index in [1.165, 1.54) is 51.4 Å². The number of carbonyl (C=O) groups is 3. The summed E-state index contributed by atoms with van der Waals surface area (Å²) in [5, 5.41) is 0. The largest absolute Gasteiger partial charge is 0.462 e. The molecule has 6 nitrogen and oxygen atoms in total. The lowest BCUT2D eigenvalue weighted by Gasteiger charge is -2.18. The van der Waals surface area contributed by atoms with Crippen molar-refractivity contribution in [2.24, 2.45) is 0 Å². The molecule has 6 heteroatoms. The quantitative estimate of drug-likeness (QED) is 0.0262. The van der Waals surface area contributed by atoms with Crippen molar-refractivity contribution in [3.8, 4) is 0 Å². The Balaban J connectivity index is 4.66. The van der Waals surface area contributed by atoms with Crippen LogP contribution in [-0.4, -0.2) is 37.2 Å². The number of allylic oxidation sites excluding steroid dienone is 26. The van der Waals surface area contributed by atoms with Crippen molar-refractivity contribution in [1.29, 1.82) is 0 Å². The SMILES string of the molecule is CC/C=C\C/C=C\C/C=C\C/C=C\C/C=C\CCCCCC(=O)OC(COC(=O)CCC/C=C\C/C=C\C/C=C\C/C=C\CCCCC)COC(=O)CCC/C=C\C/C=C\C/C=C\C/C=C\CCCCC. The predicted molar refractivity (Wildman–Crippen MR) is 306 cm³/mol. The Hall–Kier alpha value is -4.97. The third kappa shape index (κ3) is 55.8. The highest BCUT2D eigenvalue weighted by molar-refractivity contribution is 5.71. The van der Waals surface area contributed by atoms with E-state index < -0.39 is 6.10 Å². The molecule has 0 fully saturated rings. The van der Waals surface area contributed by atoms with Gasteiger partial charge >= 0.3 is 17.9 Å². The maximum atomic E-state index is 12.8. The lowest BCUT2D eigenvalue weighted by molar-refractivity contribution is -0.167. The number of hydrogen-bond donors (Lipinski definition) is 0. The highest BCUT2D eigenvalue weighted by Gasteiger charge is 2.19. The Labute approximate surface area is 435 Å². The lowest BCUT2D eigenvalue weighted by atomic mass is 10.1. The molecule has 0 aliphatic rings. The molecule has 0 atom stereocenters. The molecule has 0 spiro atoms. The van der Waals surface area contributed by atoms with Crippen LogP contribution in [0.4, 0.5) is 0 Å². The summed E-state index contributed by atoms with van der Waals surface area (Å²) in [5.41, 5.74) is 0. The van der Waals surface area contributed by atoms with Gasteiger partial charge in [0.2, 0.25) is 0 Å². The Morgan fingerprint density at radius 2 is 0.563 bits per heavy atom. The van der Waals surface area contributed by atoms with E-state index in [0.29, 0.717) is 19.3 Å². The van der Waals surface area contributed by atoms with E-state index in [1.54, 1.807) is 0 Å². The van der Waals surface area contributed by atoms with Crippen molar-refractivity contribution in [1.82, 2.24) is 0 Å². The first-order valence-electron chi connectivity index (χ1n) is 28.0. The van der Waals surface area contributed by atoms with Crippen molar-refractivity contribution < 1.29 is 28.6 Å². The summed E-state index contributed by atoms with van der Waals surface area (Å²) in [6.07, 6.45) is 83.8. The van der Waals surface area contributed by atoms with E-state index in [9.17, 15) is 14.4 Å². The van der Waals surface area contributed by atoms with Gasteiger partial charge in [-0.05, 0) is 141 Å². The predicted octanol–water partition coefficient (Wildman–Crippen LogP) is 19.0. The van der Waals surface area contributed by atoms with Gasteiger partial charge < -0.3 is 14.2 Å². The Kier molecular flexibility index (Phi) is 53.6. The normalized spacial score (nSPS) is 13.0. The van der Waals surface area contributed by atoms with Crippen LogP contribution in [0.2, 0.25) is 0 Å². The molecule has 0 aliphatic heterocycles. The molecule has 0 N–H and O–H groups in total. The van der Waals surface area contributed by atoms with Crippen molar-refractivity contribution in [2.45, 2.75) is 219 Å². The van der Waals surface area contributed by atoms with Crippen LogP contribution in [0, 0.1) is 0 Å². The van der Waals surface area contributed by atoms with Crippen LogP contribution in [0.15, 0.2) is 158 Å². The van der Waals surface area contributed by atoms with Gasteiger partial charge in [-0.25, -0.2) is 0 Å². The molecule has 0 radical (unpaired) electrons. The molecule has 0 bridgehead atoms. The summed E-state index contributed by atoms with van der Waals surface area (Å²) in [7, 11) is 0. The minimum Gasteiger partial charge on any atom is -0.462 e. The molecule has 396 valence electrons. The fourth-order valence-corrected chi connectivity index (χ4v) is 6.80. The molecule has 0 aromatic rings. The van der Waals surface area contributed by atoms with Gasteiger partial charge in [-0.1, -0.05) is 211 Å². The van der Waals surface area contributed by atoms with Crippen LogP contribution in [-0.2, 0) is 28.6 Å². The molecule has 0 unspecified atom stereocenters. The molecule has 71 heavy (non-hydrogen) atoms. The molecule has 0 aromatic heterocycles. The number of esters is 3. The van der Waals surface area contributed by atoms with Crippen LogP contribution >= 0.6 is 0 Å². The van der Waals surface area contributed by atoms with Gasteiger partial charge in [0.05, 0.1) is 0 Å². The third-order valence-corrected chi connectivity index (χ3v) is 11.0. The molecule has 0 saturated heterocycles. The van der Waals surface area contributed by atoms with Crippen LogP contribution in [0.5, 0.6) is 0 Å². The number of rotatable bonds is 48. The van der Waals surface area contributed by atoms with Gasteiger partial charge in [0.25, 0.3) is 0 Å². The summed E-state index contributed by atoms with van der Waals surface area (Å²) in [5.74, 6) is -1.09. The second-order valence-electron chi connectivity index (χ2n) is 17.7. The second kappa shape index (κ2) is 57.6. The molecule has 0 heterocycles. The van der Waals surface area contributed by atoms with Gasteiger partial charge in [0, 0.05) is 19.3 Å². The standard InChI is InChI=1S/C65H100O6/c1-4-7-10-13-16-19-22-25-28-31-32-35-38-41-44-47-50-53-56-59-65(68)71-62(60-69-63(66)57-54-51-48-45-42-39-36-33-29-26-23-20-17-14-11-8-5-2)61-70-64(67)58-55-52-49-46-43-40-37-34-30-27-24-21-18-15-12-9-6-3/h7,10,16-21,25-30,32,35-37,39-41,44-46,48-49,62H,4-6,8-9,11-15,22-24,31,33-34,38,42-43,47,50-61H2,1-3H3/b10-7-,19-16-,20-17-,21-18-,28-25-,29-26-,30-27-,35-32-,39-36-,40-37-,44-41-,48-45-,49-46-. The van der Waals surface area contributed by atoms with Gasteiger partial charge in [-0.2, -0.15) is 0 Å². The van der Waals surface area contributed by atoms with Crippen LogP contribution < -0.4 is 0 Å². The minimum absolute atomic E-state index is 0.144. The third-order valence-electron chi connectivity index (χ3n) is 11.0. The van der Waals surface area contributed by atoms with Gasteiger partial charge in [0.15, 0.2) is 6.10 Å². The lowest BCUT2D eigenvalue weighted by Crippen LogP contribution is -2.30.